The smallest absolute Gasteiger partial charge is 0.0541 e. The molecule has 0 amide bonds. The minimum absolute atomic E-state index is 1.16. The maximum Gasteiger partial charge on any atom is 0.0541 e. The Morgan fingerprint density at radius 3 is 1.35 bits per heavy atom. The van der Waals surface area contributed by atoms with Crippen LogP contribution in [-0.4, -0.2) is 9.13 Å². The molecule has 57 heavy (non-hydrogen) atoms. The summed E-state index contributed by atoms with van der Waals surface area (Å²) in [6, 6.07) is 75.6. The maximum atomic E-state index is 2.41. The van der Waals surface area contributed by atoms with Gasteiger partial charge in [0.2, 0.25) is 0 Å². The number of nitrogens with zero attached hydrogens (tertiary/aromatic N) is 2. The van der Waals surface area contributed by atoms with Crippen molar-refractivity contribution in [1.29, 1.82) is 0 Å². The number of fused-ring (bicyclic) bond motifs is 9. The van der Waals surface area contributed by atoms with Crippen molar-refractivity contribution in [2.24, 2.45) is 0 Å². The van der Waals surface area contributed by atoms with Gasteiger partial charge in [-0.25, -0.2) is 0 Å². The van der Waals surface area contributed by atoms with Gasteiger partial charge in [0.25, 0.3) is 0 Å². The van der Waals surface area contributed by atoms with Crippen LogP contribution in [-0.2, 0) is 0 Å². The van der Waals surface area contributed by atoms with Gasteiger partial charge in [-0.3, -0.25) is 0 Å². The summed E-state index contributed by atoms with van der Waals surface area (Å²) >= 11 is 1.88. The van der Waals surface area contributed by atoms with Crippen LogP contribution >= 0.6 is 11.3 Å². The lowest BCUT2D eigenvalue weighted by Gasteiger charge is -2.11. The summed E-state index contributed by atoms with van der Waals surface area (Å²) in [6.07, 6.45) is 0. The molecule has 0 aliphatic heterocycles. The molecule has 0 radical (unpaired) electrons. The Morgan fingerprint density at radius 2 is 0.737 bits per heavy atom. The number of thiophene rings is 1. The molecule has 0 atom stereocenters. The lowest BCUT2D eigenvalue weighted by Crippen LogP contribution is -1.93. The van der Waals surface area contributed by atoms with E-state index in [1.54, 1.807) is 0 Å². The Balaban J connectivity index is 0.900. The monoisotopic (exact) mass is 742 g/mol. The van der Waals surface area contributed by atoms with Crippen LogP contribution in [0.3, 0.4) is 0 Å². The van der Waals surface area contributed by atoms with E-state index in [2.05, 4.69) is 215 Å². The summed E-state index contributed by atoms with van der Waals surface area (Å²) in [5.41, 5.74) is 14.6. The van der Waals surface area contributed by atoms with Crippen molar-refractivity contribution in [2.45, 2.75) is 0 Å². The van der Waals surface area contributed by atoms with E-state index in [0.29, 0.717) is 0 Å². The van der Waals surface area contributed by atoms with Crippen molar-refractivity contribution >= 4 is 75.1 Å². The number of aromatic nitrogens is 2. The Bertz CT molecular complexity index is 3490. The number of benzene rings is 9. The lowest BCUT2D eigenvalue weighted by molar-refractivity contribution is 1.18. The molecule has 2 nitrogen and oxygen atoms in total. The summed E-state index contributed by atoms with van der Waals surface area (Å²) in [6.45, 7) is 0. The quantitative estimate of drug-likeness (QED) is 0.166. The number of hydrogen-bond acceptors (Lipinski definition) is 1. The molecule has 3 heterocycles. The fourth-order valence-electron chi connectivity index (χ4n) is 9.06. The first-order valence-electron chi connectivity index (χ1n) is 19.5. The first kappa shape index (κ1) is 32.1. The second kappa shape index (κ2) is 12.7. The van der Waals surface area contributed by atoms with Gasteiger partial charge in [0.15, 0.2) is 0 Å². The van der Waals surface area contributed by atoms with Crippen LogP contribution in [0.15, 0.2) is 206 Å². The zero-order chi connectivity index (χ0) is 37.5. The molecule has 0 spiro atoms. The third-order valence-electron chi connectivity index (χ3n) is 11.8. The molecule has 0 bridgehead atoms. The van der Waals surface area contributed by atoms with Gasteiger partial charge in [-0.15, -0.1) is 11.3 Å². The molecule has 0 N–H and O–H groups in total. The van der Waals surface area contributed by atoms with Gasteiger partial charge in [-0.1, -0.05) is 140 Å². The predicted molar refractivity (Wildman–Crippen MR) is 244 cm³/mol. The van der Waals surface area contributed by atoms with Crippen LogP contribution in [0.25, 0.3) is 109 Å². The highest BCUT2D eigenvalue weighted by atomic mass is 32.1. The minimum Gasteiger partial charge on any atom is -0.309 e. The van der Waals surface area contributed by atoms with E-state index in [1.807, 2.05) is 11.3 Å². The summed E-state index contributed by atoms with van der Waals surface area (Å²) in [7, 11) is 0. The maximum absolute atomic E-state index is 2.41. The Kier molecular flexibility index (Phi) is 7.13. The zero-order valence-corrected chi connectivity index (χ0v) is 31.7. The molecule has 9 aromatic carbocycles. The average Bonchev–Trinajstić information content (AvgIpc) is 3.94. The van der Waals surface area contributed by atoms with Gasteiger partial charge in [0.05, 0.1) is 22.1 Å². The van der Waals surface area contributed by atoms with Crippen LogP contribution in [0.5, 0.6) is 0 Å². The molecular formula is C54H34N2S. The highest BCUT2D eigenvalue weighted by Crippen LogP contribution is 2.41. The normalized spacial score (nSPS) is 11.9. The second-order valence-electron chi connectivity index (χ2n) is 14.9. The Morgan fingerprint density at radius 1 is 0.281 bits per heavy atom. The second-order valence-corrected chi connectivity index (χ2v) is 16.0. The first-order chi connectivity index (χ1) is 28.3. The molecule has 0 aliphatic rings. The van der Waals surface area contributed by atoms with E-state index < -0.39 is 0 Å². The standard InChI is InChI=1S/C54H34N2S/c1-2-11-40(12-3-1)55-49-18-7-4-13-43(49)47-33-38(27-31-51(47)55)35-21-23-36(24-22-35)39-28-32-52-48(34-39)44-14-5-8-19-50(44)56(52)41-29-25-37(26-30-41)42-16-10-17-46-45-15-6-9-20-53(45)57-54(42)46/h1-34H. The van der Waals surface area contributed by atoms with E-state index in [4.69, 9.17) is 0 Å². The predicted octanol–water partition coefficient (Wildman–Crippen LogP) is 15.2. The molecule has 0 saturated heterocycles. The van der Waals surface area contributed by atoms with E-state index in [-0.39, 0.29) is 0 Å². The van der Waals surface area contributed by atoms with Crippen molar-refractivity contribution in [3.05, 3.63) is 206 Å². The molecular weight excluding hydrogens is 709 g/mol. The molecule has 0 aliphatic carbocycles. The summed E-state index contributed by atoms with van der Waals surface area (Å²) in [4.78, 5) is 0. The van der Waals surface area contributed by atoms with Crippen molar-refractivity contribution < 1.29 is 0 Å². The Labute approximate surface area is 333 Å². The molecule has 0 fully saturated rings. The summed E-state index contributed by atoms with van der Waals surface area (Å²) in [5, 5.41) is 7.71. The largest absolute Gasteiger partial charge is 0.309 e. The van der Waals surface area contributed by atoms with Gasteiger partial charge < -0.3 is 9.13 Å². The lowest BCUT2D eigenvalue weighted by atomic mass is 9.98. The van der Waals surface area contributed by atoms with Crippen molar-refractivity contribution in [2.75, 3.05) is 0 Å². The van der Waals surface area contributed by atoms with Gasteiger partial charge in [0, 0.05) is 53.1 Å². The Hall–Kier alpha value is -7.20. The van der Waals surface area contributed by atoms with Crippen LogP contribution in [0.4, 0.5) is 0 Å². The number of para-hydroxylation sites is 3. The molecule has 0 saturated carbocycles. The van der Waals surface area contributed by atoms with Gasteiger partial charge in [-0.2, -0.15) is 0 Å². The SMILES string of the molecule is c1ccc(-n2c3ccccc3c3cc(-c4ccc(-c5ccc6c(c5)c5ccccc5n6-c5ccc(-c6cccc7c6sc6ccccc67)cc5)cc4)ccc32)cc1. The average molecular weight is 743 g/mol. The minimum atomic E-state index is 1.16. The molecule has 266 valence electrons. The van der Waals surface area contributed by atoms with Crippen molar-refractivity contribution in [3.8, 4) is 44.8 Å². The van der Waals surface area contributed by atoms with Crippen LogP contribution in [0.2, 0.25) is 0 Å². The van der Waals surface area contributed by atoms with E-state index in [0.717, 1.165) is 5.69 Å². The molecule has 12 aromatic rings. The first-order valence-corrected chi connectivity index (χ1v) is 20.3. The van der Waals surface area contributed by atoms with E-state index >= 15 is 0 Å². The fraction of sp³-hybridized carbons (Fsp3) is 0. The highest BCUT2D eigenvalue weighted by Gasteiger charge is 2.16. The highest BCUT2D eigenvalue weighted by molar-refractivity contribution is 7.26. The molecule has 3 aromatic heterocycles. The van der Waals surface area contributed by atoms with Crippen LogP contribution in [0.1, 0.15) is 0 Å². The third-order valence-corrected chi connectivity index (χ3v) is 13.0. The summed E-state index contributed by atoms with van der Waals surface area (Å²) in [5.74, 6) is 0. The zero-order valence-electron chi connectivity index (χ0n) is 30.9. The third kappa shape index (κ3) is 5.03. The molecule has 3 heteroatoms. The van der Waals surface area contributed by atoms with Crippen LogP contribution in [0, 0.1) is 0 Å². The van der Waals surface area contributed by atoms with Gasteiger partial charge in [0.1, 0.15) is 0 Å². The van der Waals surface area contributed by atoms with Gasteiger partial charge >= 0.3 is 0 Å². The van der Waals surface area contributed by atoms with Gasteiger partial charge in [-0.05, 0) is 100 Å². The molecule has 0 unspecified atom stereocenters. The fourth-order valence-corrected chi connectivity index (χ4v) is 10.3. The van der Waals surface area contributed by atoms with E-state index in [1.165, 1.54) is 103 Å². The van der Waals surface area contributed by atoms with Crippen molar-refractivity contribution in [1.82, 2.24) is 9.13 Å². The number of hydrogen-bond donors (Lipinski definition) is 0. The van der Waals surface area contributed by atoms with E-state index in [9.17, 15) is 0 Å². The van der Waals surface area contributed by atoms with Crippen LogP contribution < -0.4 is 0 Å². The number of rotatable bonds is 5. The van der Waals surface area contributed by atoms with Crippen molar-refractivity contribution in [3.63, 3.8) is 0 Å². The molecule has 12 rings (SSSR count). The topological polar surface area (TPSA) is 9.86 Å². The summed E-state index contributed by atoms with van der Waals surface area (Å²) < 4.78 is 7.45.